The number of halogens is 4. The van der Waals surface area contributed by atoms with Gasteiger partial charge in [-0.2, -0.15) is 13.2 Å². The molecule has 2 aliphatic rings. The van der Waals surface area contributed by atoms with Crippen LogP contribution in [0.15, 0.2) is 36.4 Å². The number of alkyl halides is 3. The molecule has 148 valence electrons. The Kier molecular flexibility index (Phi) is 4.86. The zero-order chi connectivity index (χ0) is 19.9. The largest absolute Gasteiger partial charge is 0.454 e. The number of amides is 1. The lowest BCUT2D eigenvalue weighted by atomic mass is 10.1. The van der Waals surface area contributed by atoms with Gasteiger partial charge in [0.1, 0.15) is 11.2 Å². The molecule has 2 aliphatic heterocycles. The number of carbonyl (C=O) groups excluding carboxylic acids is 1. The Morgan fingerprint density at radius 1 is 1.11 bits per heavy atom. The molecular formula is C19H15F4NO3S. The molecule has 1 atom stereocenters. The highest BCUT2D eigenvalue weighted by atomic mass is 32.2. The molecule has 9 heteroatoms. The minimum absolute atomic E-state index is 0.129. The summed E-state index contributed by atoms with van der Waals surface area (Å²) in [5, 5.41) is -0.515. The summed E-state index contributed by atoms with van der Waals surface area (Å²) in [6.07, 6.45) is -4.22. The fraction of sp³-hybridized carbons (Fsp3) is 0.316. The molecule has 1 saturated heterocycles. The van der Waals surface area contributed by atoms with Crippen LogP contribution in [-0.2, 0) is 17.4 Å². The second kappa shape index (κ2) is 7.20. The van der Waals surface area contributed by atoms with Gasteiger partial charge in [-0.15, -0.1) is 11.8 Å². The number of carbonyl (C=O) groups is 1. The minimum Gasteiger partial charge on any atom is -0.454 e. The van der Waals surface area contributed by atoms with E-state index < -0.39 is 22.9 Å². The van der Waals surface area contributed by atoms with Crippen molar-refractivity contribution in [3.05, 3.63) is 58.9 Å². The third-order valence-electron chi connectivity index (χ3n) is 4.63. The van der Waals surface area contributed by atoms with Gasteiger partial charge in [-0.25, -0.2) is 4.39 Å². The molecule has 4 nitrogen and oxygen atoms in total. The zero-order valence-corrected chi connectivity index (χ0v) is 15.3. The molecule has 2 heterocycles. The van der Waals surface area contributed by atoms with Crippen molar-refractivity contribution in [3.8, 4) is 11.5 Å². The molecule has 1 unspecified atom stereocenters. The highest BCUT2D eigenvalue weighted by molar-refractivity contribution is 8.00. The number of nitrogens with zero attached hydrogens (tertiary/aromatic N) is 1. The summed E-state index contributed by atoms with van der Waals surface area (Å²) in [6, 6.07) is 8.32. The van der Waals surface area contributed by atoms with Crippen molar-refractivity contribution in [3.63, 3.8) is 0 Å². The molecule has 0 radical (unpaired) electrons. The average molecular weight is 413 g/mol. The summed E-state index contributed by atoms with van der Waals surface area (Å²) in [4.78, 5) is 13.8. The summed E-state index contributed by atoms with van der Waals surface area (Å²) < 4.78 is 62.9. The van der Waals surface area contributed by atoms with Crippen LogP contribution in [0.2, 0.25) is 0 Å². The molecule has 0 saturated carbocycles. The maximum absolute atomic E-state index is 13.9. The molecule has 0 N–H and O–H groups in total. The van der Waals surface area contributed by atoms with Gasteiger partial charge < -0.3 is 14.4 Å². The normalized spacial score (nSPS) is 18.8. The van der Waals surface area contributed by atoms with Crippen molar-refractivity contribution in [2.24, 2.45) is 0 Å². The lowest BCUT2D eigenvalue weighted by Gasteiger charge is -2.25. The van der Waals surface area contributed by atoms with E-state index >= 15 is 0 Å². The van der Waals surface area contributed by atoms with Gasteiger partial charge in [0, 0.05) is 6.54 Å². The van der Waals surface area contributed by atoms with Crippen molar-refractivity contribution < 1.29 is 31.8 Å². The number of ether oxygens (including phenoxy) is 2. The fourth-order valence-corrected chi connectivity index (χ4v) is 4.44. The first-order valence-corrected chi connectivity index (χ1v) is 9.54. The zero-order valence-electron chi connectivity index (χ0n) is 14.5. The van der Waals surface area contributed by atoms with E-state index in [0.717, 1.165) is 17.7 Å². The Balaban J connectivity index is 1.50. The molecule has 0 aromatic heterocycles. The second-order valence-electron chi connectivity index (χ2n) is 6.43. The number of hydrogen-bond donors (Lipinski definition) is 0. The van der Waals surface area contributed by atoms with Crippen LogP contribution in [0.5, 0.6) is 11.5 Å². The smallest absolute Gasteiger partial charge is 0.419 e. The number of rotatable bonds is 4. The monoisotopic (exact) mass is 413 g/mol. The van der Waals surface area contributed by atoms with Gasteiger partial charge in [0.2, 0.25) is 12.7 Å². The molecule has 2 aromatic rings. The summed E-state index contributed by atoms with van der Waals surface area (Å²) in [5.74, 6) is 0.0430. The molecule has 4 rings (SSSR count). The number of benzene rings is 2. The molecule has 2 aromatic carbocycles. The molecule has 28 heavy (non-hydrogen) atoms. The van der Waals surface area contributed by atoms with E-state index in [1.165, 1.54) is 17.8 Å². The topological polar surface area (TPSA) is 38.8 Å². The molecule has 1 fully saturated rings. The van der Waals surface area contributed by atoms with E-state index in [-0.39, 0.29) is 18.5 Å². The molecule has 1 amide bonds. The average Bonchev–Trinajstić information content (AvgIpc) is 3.24. The summed E-state index contributed by atoms with van der Waals surface area (Å²) in [6.45, 7) is 0.528. The van der Waals surface area contributed by atoms with E-state index in [2.05, 4.69) is 0 Å². The number of hydrogen-bond acceptors (Lipinski definition) is 4. The van der Waals surface area contributed by atoms with Gasteiger partial charge in [-0.3, -0.25) is 4.79 Å². The van der Waals surface area contributed by atoms with Crippen molar-refractivity contribution in [1.82, 2.24) is 4.90 Å². The third-order valence-corrected chi connectivity index (χ3v) is 5.89. The van der Waals surface area contributed by atoms with E-state index in [1.54, 1.807) is 11.0 Å². The summed E-state index contributed by atoms with van der Waals surface area (Å²) in [7, 11) is 0. The Hall–Kier alpha value is -2.42. The van der Waals surface area contributed by atoms with Crippen LogP contribution >= 0.6 is 11.8 Å². The first kappa shape index (κ1) is 18.9. The van der Waals surface area contributed by atoms with Crippen LogP contribution in [0, 0.1) is 5.82 Å². The van der Waals surface area contributed by atoms with E-state index in [1.807, 2.05) is 12.1 Å². The van der Waals surface area contributed by atoms with Gasteiger partial charge in [-0.05, 0) is 41.8 Å². The van der Waals surface area contributed by atoms with Crippen molar-refractivity contribution in [1.29, 1.82) is 0 Å². The maximum Gasteiger partial charge on any atom is 0.419 e. The third kappa shape index (κ3) is 3.63. The molecule has 0 spiro atoms. The van der Waals surface area contributed by atoms with Crippen LogP contribution in [-0.4, -0.2) is 29.9 Å². The molecule has 0 aliphatic carbocycles. The molecular weight excluding hydrogens is 398 g/mol. The van der Waals surface area contributed by atoms with Crippen molar-refractivity contribution in [2.75, 3.05) is 19.1 Å². The van der Waals surface area contributed by atoms with Crippen LogP contribution in [0.4, 0.5) is 17.6 Å². The number of fused-ring (bicyclic) bond motifs is 1. The lowest BCUT2D eigenvalue weighted by molar-refractivity contribution is -0.140. The Labute approximate surface area is 162 Å². The second-order valence-corrected chi connectivity index (χ2v) is 7.49. The van der Waals surface area contributed by atoms with Gasteiger partial charge in [0.15, 0.2) is 11.5 Å². The van der Waals surface area contributed by atoms with Gasteiger partial charge >= 0.3 is 6.18 Å². The number of thioether (sulfide) groups is 1. The Morgan fingerprint density at radius 2 is 1.89 bits per heavy atom. The Morgan fingerprint density at radius 3 is 2.64 bits per heavy atom. The standard InChI is InChI=1S/C19H15F4NO3S/c20-14-8-12(2-3-13(14)19(21,22)23)18-24(17(25)9-28-18)6-5-11-1-4-15-16(7-11)27-10-26-15/h1-4,7-8,18H,5-6,9-10H2. The van der Waals surface area contributed by atoms with Crippen molar-refractivity contribution in [2.45, 2.75) is 18.0 Å². The lowest BCUT2D eigenvalue weighted by Crippen LogP contribution is -2.30. The maximum atomic E-state index is 13.9. The van der Waals surface area contributed by atoms with Crippen LogP contribution in [0.3, 0.4) is 0 Å². The van der Waals surface area contributed by atoms with Gasteiger partial charge in [0.25, 0.3) is 0 Å². The van der Waals surface area contributed by atoms with Crippen LogP contribution in [0.1, 0.15) is 22.1 Å². The minimum atomic E-state index is -4.75. The van der Waals surface area contributed by atoms with E-state index in [9.17, 15) is 22.4 Å². The summed E-state index contributed by atoms with van der Waals surface area (Å²) >= 11 is 1.27. The SMILES string of the molecule is O=C1CSC(c2ccc(C(F)(F)F)c(F)c2)N1CCc1ccc2c(c1)OCO2. The predicted octanol–water partition coefficient (Wildman–Crippen LogP) is 4.39. The Bertz CT molecular complexity index is 919. The van der Waals surface area contributed by atoms with Crippen molar-refractivity contribution >= 4 is 17.7 Å². The molecule has 0 bridgehead atoms. The first-order valence-electron chi connectivity index (χ1n) is 8.49. The highest BCUT2D eigenvalue weighted by Gasteiger charge is 2.36. The van der Waals surface area contributed by atoms with Crippen LogP contribution in [0.25, 0.3) is 0 Å². The highest BCUT2D eigenvalue weighted by Crippen LogP contribution is 2.41. The fourth-order valence-electron chi connectivity index (χ4n) is 3.23. The predicted molar refractivity (Wildman–Crippen MR) is 94.6 cm³/mol. The van der Waals surface area contributed by atoms with Crippen LogP contribution < -0.4 is 9.47 Å². The summed E-state index contributed by atoms with van der Waals surface area (Å²) in [5.41, 5.74) is -0.0316. The van der Waals surface area contributed by atoms with Gasteiger partial charge in [0.05, 0.1) is 11.3 Å². The first-order chi connectivity index (χ1) is 13.3. The quantitative estimate of drug-likeness (QED) is 0.697. The van der Waals surface area contributed by atoms with E-state index in [0.29, 0.717) is 30.0 Å². The van der Waals surface area contributed by atoms with E-state index in [4.69, 9.17) is 9.47 Å². The van der Waals surface area contributed by atoms with Gasteiger partial charge in [-0.1, -0.05) is 12.1 Å².